The lowest BCUT2D eigenvalue weighted by atomic mass is 10.1. The monoisotopic (exact) mass is 249 g/mol. The summed E-state index contributed by atoms with van der Waals surface area (Å²) in [6.45, 7) is 2.15. The molecule has 2 aromatic carbocycles. The molecular weight excluding hydrogens is 234 g/mol. The number of nitrogens with zero attached hydrogens (tertiary/aromatic N) is 1. The molecule has 0 radical (unpaired) electrons. The van der Waals surface area contributed by atoms with Gasteiger partial charge < -0.3 is 4.42 Å². The molecule has 0 saturated heterocycles. The molecule has 0 unspecified atom stereocenters. The van der Waals surface area contributed by atoms with E-state index in [-0.39, 0.29) is 0 Å². The number of aryl methyl sites for hydroxylation is 1. The molecule has 3 aromatic rings. The van der Waals surface area contributed by atoms with Gasteiger partial charge in [0.15, 0.2) is 0 Å². The topological polar surface area (TPSA) is 26.0 Å². The summed E-state index contributed by atoms with van der Waals surface area (Å²) >= 11 is 0. The first-order valence-electron chi connectivity index (χ1n) is 6.47. The van der Waals surface area contributed by atoms with Crippen LogP contribution in [-0.4, -0.2) is 4.98 Å². The predicted molar refractivity (Wildman–Crippen MR) is 76.8 cm³/mol. The van der Waals surface area contributed by atoms with Gasteiger partial charge in [0.05, 0.1) is 0 Å². The normalized spacial score (nSPS) is 10.6. The number of rotatable bonds is 3. The van der Waals surface area contributed by atoms with Crippen LogP contribution in [0.3, 0.4) is 0 Å². The second-order valence-electron chi connectivity index (χ2n) is 4.45. The Hall–Kier alpha value is -2.35. The van der Waals surface area contributed by atoms with Crippen LogP contribution in [0.2, 0.25) is 0 Å². The second kappa shape index (κ2) is 5.11. The van der Waals surface area contributed by atoms with E-state index in [9.17, 15) is 0 Å². The summed E-state index contributed by atoms with van der Waals surface area (Å²) in [6.07, 6.45) is 2.76. The molecule has 0 fully saturated rings. The summed E-state index contributed by atoms with van der Waals surface area (Å²) in [5.74, 6) is 0.662. The molecule has 0 amide bonds. The Morgan fingerprint density at radius 2 is 1.63 bits per heavy atom. The molecule has 0 atom stereocenters. The highest BCUT2D eigenvalue weighted by Crippen LogP contribution is 2.24. The van der Waals surface area contributed by atoms with Gasteiger partial charge in [-0.1, -0.05) is 49.4 Å². The van der Waals surface area contributed by atoms with Crippen molar-refractivity contribution in [2.75, 3.05) is 0 Å². The predicted octanol–water partition coefficient (Wildman–Crippen LogP) is 4.57. The summed E-state index contributed by atoms with van der Waals surface area (Å²) in [5.41, 5.74) is 4.29. The first kappa shape index (κ1) is 11.7. The van der Waals surface area contributed by atoms with Crippen molar-refractivity contribution >= 4 is 0 Å². The van der Waals surface area contributed by atoms with Crippen molar-refractivity contribution in [1.29, 1.82) is 0 Å². The average Bonchev–Trinajstić information content (AvgIpc) is 2.98. The Morgan fingerprint density at radius 3 is 2.32 bits per heavy atom. The highest BCUT2D eigenvalue weighted by Gasteiger charge is 2.07. The standard InChI is InChI=1S/C17H15NO/c1-2-13-8-10-14(11-9-13)16-12-19-17(18-16)15-6-4-3-5-7-15/h3-12H,2H2,1H3. The minimum Gasteiger partial charge on any atom is -0.444 e. The smallest absolute Gasteiger partial charge is 0.226 e. The average molecular weight is 249 g/mol. The van der Waals surface area contributed by atoms with Gasteiger partial charge in [-0.15, -0.1) is 0 Å². The molecule has 1 aromatic heterocycles. The Morgan fingerprint density at radius 1 is 0.895 bits per heavy atom. The van der Waals surface area contributed by atoms with Crippen LogP contribution in [0, 0.1) is 0 Å². The quantitative estimate of drug-likeness (QED) is 0.679. The van der Waals surface area contributed by atoms with Crippen molar-refractivity contribution in [3.63, 3.8) is 0 Å². The van der Waals surface area contributed by atoms with Crippen LogP contribution in [0.1, 0.15) is 12.5 Å². The maximum atomic E-state index is 5.55. The highest BCUT2D eigenvalue weighted by molar-refractivity contribution is 5.62. The van der Waals surface area contributed by atoms with Gasteiger partial charge in [0.1, 0.15) is 12.0 Å². The third-order valence-corrected chi connectivity index (χ3v) is 3.18. The molecule has 0 spiro atoms. The van der Waals surface area contributed by atoms with Crippen molar-refractivity contribution in [3.8, 4) is 22.7 Å². The molecule has 2 heteroatoms. The molecule has 0 bridgehead atoms. The zero-order valence-electron chi connectivity index (χ0n) is 10.8. The highest BCUT2D eigenvalue weighted by atomic mass is 16.3. The van der Waals surface area contributed by atoms with Gasteiger partial charge in [-0.25, -0.2) is 4.98 Å². The van der Waals surface area contributed by atoms with Crippen molar-refractivity contribution in [3.05, 3.63) is 66.4 Å². The fourth-order valence-corrected chi connectivity index (χ4v) is 2.03. The van der Waals surface area contributed by atoms with E-state index < -0.39 is 0 Å². The maximum Gasteiger partial charge on any atom is 0.226 e. The lowest BCUT2D eigenvalue weighted by Gasteiger charge is -1.98. The van der Waals surface area contributed by atoms with Crippen LogP contribution >= 0.6 is 0 Å². The lowest BCUT2D eigenvalue weighted by molar-refractivity contribution is 0.575. The molecule has 19 heavy (non-hydrogen) atoms. The summed E-state index contributed by atoms with van der Waals surface area (Å²) in [7, 11) is 0. The van der Waals surface area contributed by atoms with Gasteiger partial charge in [0.25, 0.3) is 0 Å². The van der Waals surface area contributed by atoms with Crippen LogP contribution in [0.5, 0.6) is 0 Å². The van der Waals surface area contributed by atoms with Crippen molar-refractivity contribution < 1.29 is 4.42 Å². The van der Waals surface area contributed by atoms with Crippen molar-refractivity contribution in [2.45, 2.75) is 13.3 Å². The zero-order valence-corrected chi connectivity index (χ0v) is 10.8. The van der Waals surface area contributed by atoms with Crippen molar-refractivity contribution in [1.82, 2.24) is 4.98 Å². The molecule has 94 valence electrons. The number of oxazole rings is 1. The van der Waals surface area contributed by atoms with E-state index in [1.807, 2.05) is 30.3 Å². The summed E-state index contributed by atoms with van der Waals surface area (Å²) in [4.78, 5) is 4.54. The molecule has 0 aliphatic carbocycles. The van der Waals surface area contributed by atoms with Gasteiger partial charge >= 0.3 is 0 Å². The third kappa shape index (κ3) is 2.43. The molecule has 1 heterocycles. The number of hydrogen-bond donors (Lipinski definition) is 0. The van der Waals surface area contributed by atoms with E-state index >= 15 is 0 Å². The van der Waals surface area contributed by atoms with E-state index in [4.69, 9.17) is 4.42 Å². The fourth-order valence-electron chi connectivity index (χ4n) is 2.03. The largest absolute Gasteiger partial charge is 0.444 e. The van der Waals surface area contributed by atoms with E-state index in [1.165, 1.54) is 5.56 Å². The van der Waals surface area contributed by atoms with Gasteiger partial charge in [0, 0.05) is 11.1 Å². The summed E-state index contributed by atoms with van der Waals surface area (Å²) in [5, 5.41) is 0. The van der Waals surface area contributed by atoms with Gasteiger partial charge in [-0.2, -0.15) is 0 Å². The maximum absolute atomic E-state index is 5.55. The van der Waals surface area contributed by atoms with Crippen LogP contribution in [0.25, 0.3) is 22.7 Å². The Bertz CT molecular complexity index is 653. The zero-order chi connectivity index (χ0) is 13.1. The number of benzene rings is 2. The molecule has 0 aliphatic rings. The van der Waals surface area contributed by atoms with Gasteiger partial charge in [-0.3, -0.25) is 0 Å². The minimum absolute atomic E-state index is 0.662. The summed E-state index contributed by atoms with van der Waals surface area (Å²) in [6, 6.07) is 18.4. The Kier molecular flexibility index (Phi) is 3.15. The number of aromatic nitrogens is 1. The molecular formula is C17H15NO. The van der Waals surface area contributed by atoms with Gasteiger partial charge in [0.2, 0.25) is 5.89 Å². The van der Waals surface area contributed by atoms with Crippen LogP contribution in [-0.2, 0) is 6.42 Å². The third-order valence-electron chi connectivity index (χ3n) is 3.18. The van der Waals surface area contributed by atoms with Gasteiger partial charge in [-0.05, 0) is 24.1 Å². The van der Waals surface area contributed by atoms with Crippen LogP contribution < -0.4 is 0 Å². The van der Waals surface area contributed by atoms with E-state index in [0.717, 1.165) is 23.2 Å². The molecule has 0 saturated carbocycles. The second-order valence-corrected chi connectivity index (χ2v) is 4.45. The first-order valence-corrected chi connectivity index (χ1v) is 6.47. The molecule has 2 nitrogen and oxygen atoms in total. The summed E-state index contributed by atoms with van der Waals surface area (Å²) < 4.78 is 5.55. The Balaban J connectivity index is 1.92. The molecule has 0 aliphatic heterocycles. The van der Waals surface area contributed by atoms with E-state index in [1.54, 1.807) is 6.26 Å². The number of hydrogen-bond acceptors (Lipinski definition) is 2. The van der Waals surface area contributed by atoms with E-state index in [0.29, 0.717) is 5.89 Å². The minimum atomic E-state index is 0.662. The lowest BCUT2D eigenvalue weighted by Crippen LogP contribution is -1.82. The van der Waals surface area contributed by atoms with Crippen LogP contribution in [0.4, 0.5) is 0 Å². The van der Waals surface area contributed by atoms with Crippen LogP contribution in [0.15, 0.2) is 65.3 Å². The fraction of sp³-hybridized carbons (Fsp3) is 0.118. The Labute approximate surface area is 112 Å². The molecule has 0 N–H and O–H groups in total. The van der Waals surface area contributed by atoms with E-state index in [2.05, 4.69) is 36.2 Å². The SMILES string of the molecule is CCc1ccc(-c2coc(-c3ccccc3)n2)cc1. The first-order chi connectivity index (χ1) is 9.36. The molecule has 3 rings (SSSR count). The van der Waals surface area contributed by atoms with Crippen molar-refractivity contribution in [2.24, 2.45) is 0 Å².